The van der Waals surface area contributed by atoms with E-state index in [-0.39, 0.29) is 5.82 Å². The van der Waals surface area contributed by atoms with Gasteiger partial charge >= 0.3 is 0 Å². The summed E-state index contributed by atoms with van der Waals surface area (Å²) in [5, 5.41) is 13.0. The number of aliphatic hydroxyl groups excluding tert-OH is 1. The summed E-state index contributed by atoms with van der Waals surface area (Å²) in [5.74, 6) is -0.158. The van der Waals surface area contributed by atoms with Crippen LogP contribution in [0.3, 0.4) is 0 Å². The van der Waals surface area contributed by atoms with Crippen LogP contribution < -0.4 is 15.1 Å². The van der Waals surface area contributed by atoms with E-state index in [9.17, 15) is 9.50 Å². The van der Waals surface area contributed by atoms with Crippen molar-refractivity contribution in [2.45, 2.75) is 6.10 Å². The zero-order valence-corrected chi connectivity index (χ0v) is 14.0. The number of halogens is 1. The number of benzene rings is 2. The van der Waals surface area contributed by atoms with Crippen LogP contribution in [0.1, 0.15) is 11.7 Å². The van der Waals surface area contributed by atoms with Crippen molar-refractivity contribution in [2.24, 2.45) is 0 Å². The van der Waals surface area contributed by atoms with E-state index in [4.69, 9.17) is 0 Å². The lowest BCUT2D eigenvalue weighted by atomic mass is 10.1. The normalized spacial score (nSPS) is 16.3. The summed E-state index contributed by atoms with van der Waals surface area (Å²) in [6.07, 6.45) is -0.484. The highest BCUT2D eigenvalue weighted by Crippen LogP contribution is 2.24. The number of aliphatic hydroxyl groups is 1. The Kier molecular flexibility index (Phi) is 5.33. The summed E-state index contributed by atoms with van der Waals surface area (Å²) < 4.78 is 13.9. The van der Waals surface area contributed by atoms with E-state index in [1.54, 1.807) is 6.07 Å². The Bertz CT molecular complexity index is 654. The molecule has 0 spiro atoms. The van der Waals surface area contributed by atoms with E-state index in [0.29, 0.717) is 12.2 Å². The average molecular weight is 329 g/mol. The number of para-hydroxylation sites is 1. The van der Waals surface area contributed by atoms with Gasteiger partial charge in [0.25, 0.3) is 0 Å². The Morgan fingerprint density at radius 1 is 1.00 bits per heavy atom. The van der Waals surface area contributed by atoms with Crippen molar-refractivity contribution in [3.05, 3.63) is 59.9 Å². The van der Waals surface area contributed by atoms with Crippen LogP contribution in [0.2, 0.25) is 0 Å². The number of hydrogen-bond donors (Lipinski definition) is 2. The minimum Gasteiger partial charge on any atom is -0.387 e. The first-order valence-corrected chi connectivity index (χ1v) is 8.36. The van der Waals surface area contributed by atoms with Gasteiger partial charge in [-0.2, -0.15) is 0 Å². The highest BCUT2D eigenvalue weighted by Gasteiger charge is 2.19. The van der Waals surface area contributed by atoms with Crippen LogP contribution in [0.4, 0.5) is 15.8 Å². The number of anilines is 2. The minimum absolute atomic E-state index is 0.158. The molecule has 1 unspecified atom stereocenters. The van der Waals surface area contributed by atoms with Crippen LogP contribution in [0.15, 0.2) is 48.5 Å². The molecule has 5 heteroatoms. The van der Waals surface area contributed by atoms with Gasteiger partial charge in [0.05, 0.1) is 11.8 Å². The van der Waals surface area contributed by atoms with E-state index in [1.807, 2.05) is 43.4 Å². The van der Waals surface area contributed by atoms with Crippen molar-refractivity contribution in [3.8, 4) is 0 Å². The maximum absolute atomic E-state index is 13.9. The average Bonchev–Trinajstić information content (AvgIpc) is 2.63. The number of piperazine rings is 1. The van der Waals surface area contributed by atoms with Crippen LogP contribution in [0, 0.1) is 5.82 Å². The molecule has 0 radical (unpaired) electrons. The zero-order chi connectivity index (χ0) is 16.9. The SMILES string of the molecule is CNCC(O)c1ccc(N2CCN(c3ccccc3F)CC2)cc1. The molecule has 0 saturated carbocycles. The molecular weight excluding hydrogens is 305 g/mol. The van der Waals surface area contributed by atoms with Gasteiger partial charge in [-0.3, -0.25) is 0 Å². The zero-order valence-electron chi connectivity index (χ0n) is 14.0. The molecule has 0 aromatic heterocycles. The maximum Gasteiger partial charge on any atom is 0.146 e. The predicted octanol–water partition coefficient (Wildman–Crippen LogP) is 2.41. The molecule has 2 aromatic carbocycles. The van der Waals surface area contributed by atoms with E-state index in [1.165, 1.54) is 6.07 Å². The molecule has 1 aliphatic rings. The molecule has 128 valence electrons. The van der Waals surface area contributed by atoms with Gasteiger partial charge < -0.3 is 20.2 Å². The third-order valence-electron chi connectivity index (χ3n) is 4.51. The molecular formula is C19H24FN3O. The monoisotopic (exact) mass is 329 g/mol. The topological polar surface area (TPSA) is 38.7 Å². The van der Waals surface area contributed by atoms with Gasteiger partial charge in [0.1, 0.15) is 5.82 Å². The third-order valence-corrected chi connectivity index (χ3v) is 4.51. The van der Waals surface area contributed by atoms with Crippen LogP contribution >= 0.6 is 0 Å². The Balaban J connectivity index is 1.61. The fraction of sp³-hybridized carbons (Fsp3) is 0.368. The molecule has 0 aliphatic carbocycles. The molecule has 3 rings (SSSR count). The second-order valence-corrected chi connectivity index (χ2v) is 6.09. The highest BCUT2D eigenvalue weighted by atomic mass is 19.1. The van der Waals surface area contributed by atoms with Crippen molar-refractivity contribution in [3.63, 3.8) is 0 Å². The largest absolute Gasteiger partial charge is 0.387 e. The second-order valence-electron chi connectivity index (χ2n) is 6.09. The van der Waals surface area contributed by atoms with Crippen molar-refractivity contribution < 1.29 is 9.50 Å². The predicted molar refractivity (Wildman–Crippen MR) is 96.2 cm³/mol. The van der Waals surface area contributed by atoms with Gasteiger partial charge in [-0.1, -0.05) is 24.3 Å². The van der Waals surface area contributed by atoms with Gasteiger partial charge in [0, 0.05) is 38.4 Å². The van der Waals surface area contributed by atoms with Gasteiger partial charge in [0.15, 0.2) is 0 Å². The van der Waals surface area contributed by atoms with Crippen molar-refractivity contribution in [1.82, 2.24) is 5.32 Å². The first-order valence-electron chi connectivity index (χ1n) is 8.36. The lowest BCUT2D eigenvalue weighted by Gasteiger charge is -2.37. The summed E-state index contributed by atoms with van der Waals surface area (Å²) in [7, 11) is 1.83. The molecule has 1 atom stereocenters. The third kappa shape index (κ3) is 3.68. The van der Waals surface area contributed by atoms with Crippen LogP contribution in [-0.4, -0.2) is 44.9 Å². The molecule has 1 fully saturated rings. The summed E-state index contributed by atoms with van der Waals surface area (Å²) >= 11 is 0. The fourth-order valence-electron chi connectivity index (χ4n) is 3.13. The van der Waals surface area contributed by atoms with Crippen molar-refractivity contribution in [2.75, 3.05) is 49.6 Å². The molecule has 4 nitrogen and oxygen atoms in total. The Morgan fingerprint density at radius 3 is 2.25 bits per heavy atom. The number of nitrogens with one attached hydrogen (secondary N) is 1. The lowest BCUT2D eigenvalue weighted by Crippen LogP contribution is -2.46. The summed E-state index contributed by atoms with van der Waals surface area (Å²) in [6.45, 7) is 3.84. The van der Waals surface area contributed by atoms with E-state index < -0.39 is 6.10 Å². The van der Waals surface area contributed by atoms with Crippen molar-refractivity contribution >= 4 is 11.4 Å². The van der Waals surface area contributed by atoms with Crippen LogP contribution in [0.25, 0.3) is 0 Å². The van der Waals surface area contributed by atoms with Gasteiger partial charge in [-0.15, -0.1) is 0 Å². The summed E-state index contributed by atoms with van der Waals surface area (Å²) in [4.78, 5) is 4.39. The van der Waals surface area contributed by atoms with Gasteiger partial charge in [-0.05, 0) is 36.9 Å². The molecule has 1 heterocycles. The molecule has 24 heavy (non-hydrogen) atoms. The van der Waals surface area contributed by atoms with E-state index in [0.717, 1.165) is 37.4 Å². The maximum atomic E-state index is 13.9. The second kappa shape index (κ2) is 7.64. The molecule has 1 saturated heterocycles. The van der Waals surface area contributed by atoms with Crippen LogP contribution in [-0.2, 0) is 0 Å². The minimum atomic E-state index is -0.484. The quantitative estimate of drug-likeness (QED) is 0.884. The smallest absolute Gasteiger partial charge is 0.146 e. The van der Waals surface area contributed by atoms with Crippen molar-refractivity contribution in [1.29, 1.82) is 0 Å². The van der Waals surface area contributed by atoms with Crippen LogP contribution in [0.5, 0.6) is 0 Å². The Morgan fingerprint density at radius 2 is 1.62 bits per heavy atom. The fourth-order valence-corrected chi connectivity index (χ4v) is 3.13. The van der Waals surface area contributed by atoms with E-state index >= 15 is 0 Å². The Hall–Kier alpha value is -2.11. The number of likely N-dealkylation sites (N-methyl/N-ethyl adjacent to an activating group) is 1. The number of hydrogen-bond acceptors (Lipinski definition) is 4. The molecule has 0 bridgehead atoms. The molecule has 0 amide bonds. The molecule has 2 N–H and O–H groups in total. The standard InChI is InChI=1S/C19H24FN3O/c1-21-14-19(24)15-6-8-16(9-7-15)22-10-12-23(13-11-22)18-5-3-2-4-17(18)20/h2-9,19,21,24H,10-14H2,1H3. The first-order chi connectivity index (χ1) is 11.7. The lowest BCUT2D eigenvalue weighted by molar-refractivity contribution is 0.178. The highest BCUT2D eigenvalue weighted by molar-refractivity contribution is 5.53. The molecule has 1 aliphatic heterocycles. The summed E-state index contributed by atoms with van der Waals surface area (Å²) in [5.41, 5.74) is 2.74. The Labute approximate surface area is 142 Å². The van der Waals surface area contributed by atoms with Gasteiger partial charge in [-0.25, -0.2) is 4.39 Å². The number of rotatable bonds is 5. The first kappa shape index (κ1) is 16.7. The summed E-state index contributed by atoms with van der Waals surface area (Å²) in [6, 6.07) is 15.0. The number of nitrogens with zero attached hydrogens (tertiary/aromatic N) is 2. The molecule has 2 aromatic rings. The van der Waals surface area contributed by atoms with Gasteiger partial charge in [0.2, 0.25) is 0 Å². The van der Waals surface area contributed by atoms with E-state index in [2.05, 4.69) is 15.1 Å².